The molecule has 0 fully saturated rings. The Labute approximate surface area is 225 Å². The molecule has 5 nitrogen and oxygen atoms in total. The average molecular weight is 539 g/mol. The van der Waals surface area contributed by atoms with E-state index in [0.717, 1.165) is 15.9 Å². The lowest BCUT2D eigenvalue weighted by molar-refractivity contribution is -0.141. The van der Waals surface area contributed by atoms with E-state index in [-0.39, 0.29) is 35.2 Å². The Balaban J connectivity index is 1.96. The molecule has 8 heteroatoms. The molecule has 3 aromatic carbocycles. The van der Waals surface area contributed by atoms with Gasteiger partial charge in [0, 0.05) is 0 Å². The Kier molecular flexibility index (Phi) is 9.97. The molecule has 3 aromatic rings. The van der Waals surface area contributed by atoms with Gasteiger partial charge in [-0.25, -0.2) is 4.39 Å². The summed E-state index contributed by atoms with van der Waals surface area (Å²) >= 11 is 5.48. The molecule has 196 valence electrons. The zero-order chi connectivity index (χ0) is 26.9. The zero-order valence-electron chi connectivity index (χ0n) is 21.8. The Morgan fingerprint density at radius 1 is 0.946 bits per heavy atom. The van der Waals surface area contributed by atoms with Crippen LogP contribution in [0.15, 0.2) is 84.9 Å². The van der Waals surface area contributed by atoms with Gasteiger partial charge in [-0.2, -0.15) is 0 Å². The quantitative estimate of drug-likeness (QED) is 0.226. The molecule has 0 aliphatic heterocycles. The lowest BCUT2D eigenvalue weighted by Crippen LogP contribution is -2.67. The Morgan fingerprint density at radius 2 is 1.49 bits per heavy atom. The van der Waals surface area contributed by atoms with Gasteiger partial charge < -0.3 is 19.8 Å². The van der Waals surface area contributed by atoms with Crippen LogP contribution in [0, 0.1) is 5.82 Å². The van der Waals surface area contributed by atoms with Crippen molar-refractivity contribution in [3.05, 3.63) is 96.3 Å². The van der Waals surface area contributed by atoms with Gasteiger partial charge >= 0.3 is 5.97 Å². The van der Waals surface area contributed by atoms with Gasteiger partial charge in [-0.3, -0.25) is 4.79 Å². The topological polar surface area (TPSA) is 59.6 Å². The highest BCUT2D eigenvalue weighted by atomic mass is 32.1. The Hall–Kier alpha value is -3.07. The van der Waals surface area contributed by atoms with Crippen LogP contribution in [-0.2, 0) is 14.0 Å². The van der Waals surface area contributed by atoms with Crippen molar-refractivity contribution in [3.8, 4) is 0 Å². The van der Waals surface area contributed by atoms with Crippen LogP contribution in [-0.4, -0.2) is 39.2 Å². The fourth-order valence-corrected chi connectivity index (χ4v) is 9.25. The van der Waals surface area contributed by atoms with Crippen molar-refractivity contribution < 1.29 is 18.3 Å². The third-order valence-electron chi connectivity index (χ3n) is 6.16. The van der Waals surface area contributed by atoms with E-state index in [0.29, 0.717) is 6.61 Å². The molecule has 0 aliphatic carbocycles. The molecule has 0 saturated carbocycles. The Bertz CT molecular complexity index is 1120. The number of thiocarbonyl (C=S) groups is 1. The summed E-state index contributed by atoms with van der Waals surface area (Å²) in [7, 11) is -2.81. The van der Waals surface area contributed by atoms with Crippen LogP contribution in [0.25, 0.3) is 0 Å². The van der Waals surface area contributed by atoms with Gasteiger partial charge in [0.25, 0.3) is 8.32 Å². The number of carbonyl (C=O) groups excluding carboxylic acids is 1. The molecule has 0 heterocycles. The van der Waals surface area contributed by atoms with Gasteiger partial charge in [0.2, 0.25) is 0 Å². The summed E-state index contributed by atoms with van der Waals surface area (Å²) in [5.41, 5.74) is 0.819. The summed E-state index contributed by atoms with van der Waals surface area (Å²) in [6.45, 7) is 8.92. The number of benzene rings is 3. The molecule has 0 aliphatic rings. The van der Waals surface area contributed by atoms with Crippen molar-refractivity contribution in [3.63, 3.8) is 0 Å². The van der Waals surface area contributed by atoms with Crippen molar-refractivity contribution in [2.45, 2.75) is 38.8 Å². The van der Waals surface area contributed by atoms with Crippen LogP contribution >= 0.6 is 12.2 Å². The molecule has 0 amide bonds. The number of nitrogens with one attached hydrogen (secondary N) is 2. The van der Waals surface area contributed by atoms with Crippen LogP contribution in [0.3, 0.4) is 0 Å². The van der Waals surface area contributed by atoms with E-state index >= 15 is 0 Å². The van der Waals surface area contributed by atoms with Crippen molar-refractivity contribution in [1.82, 2.24) is 10.6 Å². The molecule has 37 heavy (non-hydrogen) atoms. The lowest BCUT2D eigenvalue weighted by atomic mass is 10.1. The first-order valence-electron chi connectivity index (χ1n) is 12.4. The summed E-state index contributed by atoms with van der Waals surface area (Å²) in [6.07, 6.45) is 0. The minimum atomic E-state index is -2.81. The van der Waals surface area contributed by atoms with Gasteiger partial charge in [-0.15, -0.1) is 0 Å². The molecule has 0 bridgehead atoms. The first-order valence-corrected chi connectivity index (χ1v) is 14.7. The summed E-state index contributed by atoms with van der Waals surface area (Å²) < 4.78 is 25.8. The molecule has 1 atom stereocenters. The van der Waals surface area contributed by atoms with Crippen LogP contribution in [0.2, 0.25) is 5.04 Å². The van der Waals surface area contributed by atoms with Crippen molar-refractivity contribution >= 4 is 42.0 Å². The number of carbonyl (C=O) groups is 1. The number of halogens is 1. The molecule has 1 unspecified atom stereocenters. The van der Waals surface area contributed by atoms with Gasteiger partial charge in [0.05, 0.1) is 19.3 Å². The minimum Gasteiger partial charge on any atom is -0.465 e. The zero-order valence-corrected chi connectivity index (χ0v) is 23.6. The maximum atomic E-state index is 13.7. The molecular formula is C29H35FN2O3SSi. The van der Waals surface area contributed by atoms with E-state index in [1.165, 1.54) is 12.1 Å². The van der Waals surface area contributed by atoms with Crippen LogP contribution in [0.4, 0.5) is 4.39 Å². The third-order valence-corrected chi connectivity index (χ3v) is 11.4. The molecular weight excluding hydrogens is 503 g/mol. The molecule has 0 spiro atoms. The predicted molar refractivity (Wildman–Crippen MR) is 153 cm³/mol. The third kappa shape index (κ3) is 7.25. The van der Waals surface area contributed by atoms with Crippen LogP contribution < -0.4 is 21.0 Å². The molecule has 3 rings (SSSR count). The SMILES string of the molecule is CCOC(=O)CNC(=S)NC(CO[Si](c1ccccc1)(c1ccccc1)C(C)(C)C)c1ccc(F)cc1. The number of hydrogen-bond donors (Lipinski definition) is 2. The standard InChI is InChI=1S/C29H35FN2O3SSi/c1-5-34-27(33)20-31-28(36)32-26(22-16-18-23(30)19-17-22)21-35-37(29(2,3)4,24-12-8-6-9-13-24)25-14-10-7-11-15-25/h6-19,26H,5,20-21H2,1-4H3,(H2,31,32,36). The smallest absolute Gasteiger partial charge is 0.325 e. The molecule has 2 N–H and O–H groups in total. The van der Waals surface area contributed by atoms with Gasteiger partial charge in [-0.1, -0.05) is 93.6 Å². The van der Waals surface area contributed by atoms with Gasteiger partial charge in [0.15, 0.2) is 5.11 Å². The maximum absolute atomic E-state index is 13.7. The van der Waals surface area contributed by atoms with E-state index in [2.05, 4.69) is 55.7 Å². The number of rotatable bonds is 10. The first kappa shape index (κ1) is 28.5. The minimum absolute atomic E-state index is 0.0502. The van der Waals surface area contributed by atoms with Crippen molar-refractivity contribution in [2.75, 3.05) is 19.8 Å². The van der Waals surface area contributed by atoms with Crippen LogP contribution in [0.1, 0.15) is 39.3 Å². The van der Waals surface area contributed by atoms with Gasteiger partial charge in [-0.05, 0) is 52.2 Å². The summed E-state index contributed by atoms with van der Waals surface area (Å²) in [5, 5.41) is 8.57. The molecule has 0 saturated heterocycles. The number of ether oxygens (including phenoxy) is 1. The normalized spacial score (nSPS) is 12.5. The van der Waals surface area contributed by atoms with E-state index in [1.807, 2.05) is 36.4 Å². The second-order valence-electron chi connectivity index (χ2n) is 9.71. The summed E-state index contributed by atoms with van der Waals surface area (Å²) in [4.78, 5) is 11.8. The highest BCUT2D eigenvalue weighted by Gasteiger charge is 2.50. The van der Waals surface area contributed by atoms with E-state index in [1.54, 1.807) is 19.1 Å². The number of esters is 1. The van der Waals surface area contributed by atoms with Crippen molar-refractivity contribution in [1.29, 1.82) is 0 Å². The van der Waals surface area contributed by atoms with Gasteiger partial charge in [0.1, 0.15) is 12.4 Å². The molecule has 0 aromatic heterocycles. The second-order valence-corrected chi connectivity index (χ2v) is 14.4. The highest BCUT2D eigenvalue weighted by molar-refractivity contribution is 7.80. The number of hydrogen-bond acceptors (Lipinski definition) is 4. The largest absolute Gasteiger partial charge is 0.465 e. The van der Waals surface area contributed by atoms with Crippen molar-refractivity contribution in [2.24, 2.45) is 0 Å². The Morgan fingerprint density at radius 3 is 1.97 bits per heavy atom. The summed E-state index contributed by atoms with van der Waals surface area (Å²) in [6, 6.07) is 26.6. The van der Waals surface area contributed by atoms with E-state index < -0.39 is 14.3 Å². The lowest BCUT2D eigenvalue weighted by Gasteiger charge is -2.43. The van der Waals surface area contributed by atoms with Crippen LogP contribution in [0.5, 0.6) is 0 Å². The monoisotopic (exact) mass is 538 g/mol. The first-order chi connectivity index (χ1) is 17.7. The second kappa shape index (κ2) is 12.9. The fraction of sp³-hybridized carbons (Fsp3) is 0.310. The highest BCUT2D eigenvalue weighted by Crippen LogP contribution is 2.37. The average Bonchev–Trinajstić information content (AvgIpc) is 2.88. The molecule has 0 radical (unpaired) electrons. The van der Waals surface area contributed by atoms with E-state index in [4.69, 9.17) is 21.4 Å². The maximum Gasteiger partial charge on any atom is 0.325 e. The van der Waals surface area contributed by atoms with E-state index in [9.17, 15) is 9.18 Å². The predicted octanol–water partition coefficient (Wildman–Crippen LogP) is 4.47. The summed E-state index contributed by atoms with van der Waals surface area (Å²) in [5.74, 6) is -0.716. The fourth-order valence-electron chi connectivity index (χ4n) is 4.46.